The van der Waals surface area contributed by atoms with Crippen LogP contribution in [0.2, 0.25) is 0 Å². The Labute approximate surface area is 141 Å². The molecule has 0 heterocycles. The van der Waals surface area contributed by atoms with E-state index in [4.69, 9.17) is 24.0 Å². The summed E-state index contributed by atoms with van der Waals surface area (Å²) < 4.78 is 15.5. The Morgan fingerprint density at radius 1 is 0.826 bits per heavy atom. The smallest absolute Gasteiger partial charge is 0.412 e. The maximum absolute atomic E-state index is 8.88. The summed E-state index contributed by atoms with van der Waals surface area (Å²) in [6.07, 6.45) is 11.0. The molecule has 0 saturated carbocycles. The van der Waals surface area contributed by atoms with Crippen molar-refractivity contribution in [3.63, 3.8) is 0 Å². The van der Waals surface area contributed by atoms with Crippen molar-refractivity contribution in [3.8, 4) is 0 Å². The van der Waals surface area contributed by atoms with Crippen molar-refractivity contribution < 1.29 is 33.9 Å². The Balaban J connectivity index is -0.000000578. The van der Waals surface area contributed by atoms with E-state index < -0.39 is 7.82 Å². The molecule has 0 aliphatic carbocycles. The fraction of sp³-hybridized carbons (Fsp3) is 1.00. The highest BCUT2D eigenvalue weighted by Gasteiger charge is 2.05. The first-order valence-electron chi connectivity index (χ1n) is 8.22. The minimum Gasteiger partial charge on any atom is -0.412 e. The van der Waals surface area contributed by atoms with Gasteiger partial charge in [-0.15, -0.1) is 0 Å². The van der Waals surface area contributed by atoms with Crippen LogP contribution in [0.15, 0.2) is 0 Å². The average molecular weight is 360 g/mol. The molecule has 0 radical (unpaired) electrons. The van der Waals surface area contributed by atoms with Gasteiger partial charge in [-0.1, -0.05) is 51.9 Å². The predicted molar refractivity (Wildman–Crippen MR) is 94.2 cm³/mol. The van der Waals surface area contributed by atoms with Crippen LogP contribution in [-0.2, 0) is 9.30 Å². The van der Waals surface area contributed by atoms with Gasteiger partial charge in [-0.05, 0) is 6.42 Å². The molecule has 0 amide bonds. The molecule has 23 heavy (non-hydrogen) atoms. The molecule has 0 rings (SSSR count). The van der Waals surface area contributed by atoms with Gasteiger partial charge in [-0.2, -0.15) is 0 Å². The summed E-state index contributed by atoms with van der Waals surface area (Å²) in [4.78, 5) is 21.6. The van der Waals surface area contributed by atoms with Gasteiger partial charge >= 0.3 is 7.82 Å². The third-order valence-electron chi connectivity index (χ3n) is 3.05. The average Bonchev–Trinajstić information content (AvgIpc) is 2.32. The highest BCUT2D eigenvalue weighted by atomic mass is 31.2. The Hall–Kier alpha value is -0.0100. The minimum absolute atomic E-state index is 0. The maximum atomic E-state index is 8.88. The van der Waals surface area contributed by atoms with Crippen LogP contribution >= 0.6 is 7.82 Å². The largest absolute Gasteiger partial charge is 0.466 e. The summed E-state index contributed by atoms with van der Waals surface area (Å²) >= 11 is 0. The SMILES string of the molecule is CCCCCCCCCCOCC[N+](C)(C)C.O.O=P(O)(O)O. The molecule has 144 valence electrons. The molecule has 0 aromatic rings. The number of quaternary nitrogens is 1. The lowest BCUT2D eigenvalue weighted by molar-refractivity contribution is -0.870. The van der Waals surface area contributed by atoms with Gasteiger partial charge in [0, 0.05) is 6.61 Å². The van der Waals surface area contributed by atoms with Gasteiger partial charge < -0.3 is 29.4 Å². The van der Waals surface area contributed by atoms with Crippen LogP contribution in [0.4, 0.5) is 0 Å². The highest BCUT2D eigenvalue weighted by Crippen LogP contribution is 2.25. The Kier molecular flexibility index (Phi) is 20.4. The maximum Gasteiger partial charge on any atom is 0.466 e. The zero-order valence-electron chi connectivity index (χ0n) is 15.3. The molecular formula is C15H39NO6P+. The normalized spacial score (nSPS) is 11.4. The molecule has 0 unspecified atom stereocenters. The van der Waals surface area contributed by atoms with Gasteiger partial charge in [-0.3, -0.25) is 0 Å². The summed E-state index contributed by atoms with van der Waals surface area (Å²) in [5.41, 5.74) is 0. The molecule has 0 aliphatic heterocycles. The quantitative estimate of drug-likeness (QED) is 0.280. The van der Waals surface area contributed by atoms with Crippen molar-refractivity contribution in [1.82, 2.24) is 0 Å². The second-order valence-electron chi connectivity index (χ2n) is 6.61. The van der Waals surface area contributed by atoms with Crippen LogP contribution in [0, 0.1) is 0 Å². The number of ether oxygens (including phenoxy) is 1. The summed E-state index contributed by atoms with van der Waals surface area (Å²) in [6.45, 7) is 5.24. The van der Waals surface area contributed by atoms with Crippen molar-refractivity contribution in [2.75, 3.05) is 40.9 Å². The van der Waals surface area contributed by atoms with Crippen molar-refractivity contribution in [3.05, 3.63) is 0 Å². The predicted octanol–water partition coefficient (Wildman–Crippen LogP) is 2.10. The van der Waals surface area contributed by atoms with Crippen molar-refractivity contribution in [1.29, 1.82) is 0 Å². The zero-order valence-corrected chi connectivity index (χ0v) is 16.2. The van der Waals surface area contributed by atoms with Crippen molar-refractivity contribution in [2.24, 2.45) is 0 Å². The molecular weight excluding hydrogens is 321 g/mol. The third kappa shape index (κ3) is 44.9. The summed E-state index contributed by atoms with van der Waals surface area (Å²) in [7, 11) is 1.99. The van der Waals surface area contributed by atoms with E-state index >= 15 is 0 Å². The zero-order chi connectivity index (χ0) is 17.5. The van der Waals surface area contributed by atoms with E-state index in [2.05, 4.69) is 28.1 Å². The molecule has 0 aromatic carbocycles. The molecule has 5 N–H and O–H groups in total. The summed E-state index contributed by atoms with van der Waals surface area (Å²) in [5.74, 6) is 0. The number of unbranched alkanes of at least 4 members (excludes halogenated alkanes) is 7. The van der Waals surface area contributed by atoms with Gasteiger partial charge in [0.2, 0.25) is 0 Å². The van der Waals surface area contributed by atoms with Crippen LogP contribution in [0.3, 0.4) is 0 Å². The Morgan fingerprint density at radius 2 is 1.22 bits per heavy atom. The van der Waals surface area contributed by atoms with Crippen LogP contribution < -0.4 is 0 Å². The van der Waals surface area contributed by atoms with E-state index in [1.807, 2.05) is 0 Å². The monoisotopic (exact) mass is 360 g/mol. The standard InChI is InChI=1S/C15H34NO.H3O4P.H2O/c1-5-6-7-8-9-10-11-12-14-17-15-13-16(2,3)4;1-5(2,3)4;/h5-15H2,1-4H3;(H3,1,2,3,4);1H2/q+1;;. The Bertz CT molecular complexity index is 269. The lowest BCUT2D eigenvalue weighted by Gasteiger charge is -2.23. The lowest BCUT2D eigenvalue weighted by Crippen LogP contribution is -2.37. The molecule has 0 bridgehead atoms. The van der Waals surface area contributed by atoms with Gasteiger partial charge in [-0.25, -0.2) is 4.57 Å². The lowest BCUT2D eigenvalue weighted by atomic mass is 10.1. The van der Waals surface area contributed by atoms with Crippen molar-refractivity contribution >= 4 is 7.82 Å². The molecule has 0 aliphatic rings. The van der Waals surface area contributed by atoms with E-state index in [1.165, 1.54) is 51.4 Å². The fourth-order valence-electron chi connectivity index (χ4n) is 1.78. The number of hydrogen-bond donors (Lipinski definition) is 3. The molecule has 8 heteroatoms. The van der Waals surface area contributed by atoms with E-state index in [9.17, 15) is 0 Å². The van der Waals surface area contributed by atoms with E-state index in [-0.39, 0.29) is 5.48 Å². The number of rotatable bonds is 12. The first kappa shape index (κ1) is 27.8. The molecule has 7 nitrogen and oxygen atoms in total. The summed E-state index contributed by atoms with van der Waals surface area (Å²) in [6, 6.07) is 0. The topological polar surface area (TPSA) is 118 Å². The first-order chi connectivity index (χ1) is 10.1. The van der Waals surface area contributed by atoms with Gasteiger partial charge in [0.05, 0.1) is 27.7 Å². The van der Waals surface area contributed by atoms with E-state index in [1.54, 1.807) is 0 Å². The third-order valence-corrected chi connectivity index (χ3v) is 3.05. The van der Waals surface area contributed by atoms with Crippen LogP contribution in [0.5, 0.6) is 0 Å². The summed E-state index contributed by atoms with van der Waals surface area (Å²) in [5, 5.41) is 0. The first-order valence-corrected chi connectivity index (χ1v) is 9.79. The minimum atomic E-state index is -4.64. The van der Waals surface area contributed by atoms with Crippen LogP contribution in [0.1, 0.15) is 58.3 Å². The number of hydrogen-bond acceptors (Lipinski definition) is 2. The van der Waals surface area contributed by atoms with Gasteiger partial charge in [0.1, 0.15) is 6.54 Å². The highest BCUT2D eigenvalue weighted by molar-refractivity contribution is 7.45. The van der Waals surface area contributed by atoms with Gasteiger partial charge in [0.25, 0.3) is 0 Å². The molecule has 0 atom stereocenters. The van der Waals surface area contributed by atoms with Crippen molar-refractivity contribution in [2.45, 2.75) is 58.3 Å². The second kappa shape index (κ2) is 16.8. The number of nitrogens with zero attached hydrogens (tertiary/aromatic N) is 1. The Morgan fingerprint density at radius 3 is 1.61 bits per heavy atom. The van der Waals surface area contributed by atoms with Crippen LogP contribution in [-0.4, -0.2) is 65.5 Å². The second-order valence-corrected chi connectivity index (χ2v) is 7.64. The van der Waals surface area contributed by atoms with E-state index in [0.717, 1.165) is 24.2 Å². The van der Waals surface area contributed by atoms with E-state index in [0.29, 0.717) is 0 Å². The molecule has 0 saturated heterocycles. The fourth-order valence-corrected chi connectivity index (χ4v) is 1.78. The number of phosphoric acid groups is 1. The molecule has 0 aromatic heterocycles. The molecule has 0 spiro atoms. The molecule has 0 fully saturated rings. The van der Waals surface area contributed by atoms with Gasteiger partial charge in [0.15, 0.2) is 0 Å². The number of likely N-dealkylation sites (N-methyl/N-ethyl adjacent to an activating group) is 1. The van der Waals surface area contributed by atoms with Crippen LogP contribution in [0.25, 0.3) is 0 Å².